The van der Waals surface area contributed by atoms with Crippen molar-refractivity contribution < 1.29 is 4.79 Å². The van der Waals surface area contributed by atoms with E-state index in [9.17, 15) is 4.79 Å². The Morgan fingerprint density at radius 1 is 1.26 bits per heavy atom. The predicted octanol–water partition coefficient (Wildman–Crippen LogP) is 1.87. The highest BCUT2D eigenvalue weighted by atomic mass is 32.2. The number of thioether (sulfide) groups is 1. The number of aryl methyl sites for hydroxylation is 1. The zero-order chi connectivity index (χ0) is 16.2. The topological polar surface area (TPSA) is 85.8 Å². The molecule has 4 aliphatic rings. The molecule has 4 aliphatic carbocycles. The minimum absolute atomic E-state index is 0.0625. The van der Waals surface area contributed by atoms with E-state index in [1.807, 2.05) is 6.92 Å². The zero-order valence-electron chi connectivity index (χ0n) is 13.8. The number of nitrogen functional groups attached to an aromatic ring is 1. The summed E-state index contributed by atoms with van der Waals surface area (Å²) in [4.78, 5) is 12.7. The van der Waals surface area contributed by atoms with Crippen molar-refractivity contribution in [2.24, 2.45) is 17.8 Å². The molecule has 0 aliphatic heterocycles. The Kier molecular flexibility index (Phi) is 3.59. The lowest BCUT2D eigenvalue weighted by Gasteiger charge is -2.57. The van der Waals surface area contributed by atoms with Crippen LogP contribution in [0.2, 0.25) is 0 Å². The second-order valence-corrected chi connectivity index (χ2v) is 9.15. The van der Waals surface area contributed by atoms with Crippen LogP contribution >= 0.6 is 11.8 Å². The summed E-state index contributed by atoms with van der Waals surface area (Å²) in [5.41, 5.74) is 0.0625. The predicted molar refractivity (Wildman–Crippen MR) is 89.3 cm³/mol. The van der Waals surface area contributed by atoms with E-state index in [1.54, 1.807) is 6.92 Å². The third-order valence-corrected chi connectivity index (χ3v) is 6.97. The molecule has 4 saturated carbocycles. The van der Waals surface area contributed by atoms with E-state index in [1.165, 1.54) is 55.0 Å². The zero-order valence-corrected chi connectivity index (χ0v) is 14.6. The lowest BCUT2D eigenvalue weighted by atomic mass is 9.53. The van der Waals surface area contributed by atoms with Gasteiger partial charge in [-0.2, -0.15) is 0 Å². The molecule has 1 heterocycles. The lowest BCUT2D eigenvalue weighted by molar-refractivity contribution is -0.126. The molecule has 0 radical (unpaired) electrons. The minimum atomic E-state index is -0.214. The minimum Gasteiger partial charge on any atom is -0.350 e. The van der Waals surface area contributed by atoms with E-state index >= 15 is 0 Å². The molecule has 6 nitrogen and oxygen atoms in total. The fourth-order valence-corrected chi connectivity index (χ4v) is 6.08. The monoisotopic (exact) mass is 335 g/mol. The fourth-order valence-electron chi connectivity index (χ4n) is 5.27. The largest absolute Gasteiger partial charge is 0.350 e. The molecule has 7 heteroatoms. The van der Waals surface area contributed by atoms with E-state index in [0.717, 1.165) is 17.8 Å². The Balaban J connectivity index is 1.42. The second-order valence-electron chi connectivity index (χ2n) is 7.85. The number of carbonyl (C=O) groups is 1. The van der Waals surface area contributed by atoms with E-state index in [-0.39, 0.29) is 16.7 Å². The average molecular weight is 335 g/mol. The van der Waals surface area contributed by atoms with Crippen molar-refractivity contribution in [2.45, 2.75) is 68.3 Å². The third kappa shape index (κ3) is 2.73. The molecule has 0 aromatic carbocycles. The number of carbonyl (C=O) groups excluding carboxylic acids is 1. The Bertz CT molecular complexity index is 593. The standard InChI is InChI=1S/C16H25N5OS/c1-9(23-15-20-19-10(2)21(15)17)14(22)18-16-6-11-3-12(7-16)5-13(4-11)8-16/h9,11-13H,3-8,17H2,1-2H3,(H,18,22). The number of hydrogen-bond donors (Lipinski definition) is 2. The van der Waals surface area contributed by atoms with Gasteiger partial charge in [-0.1, -0.05) is 11.8 Å². The number of rotatable bonds is 4. The van der Waals surface area contributed by atoms with Crippen LogP contribution in [0, 0.1) is 24.7 Å². The Labute approximate surface area is 140 Å². The first kappa shape index (κ1) is 15.3. The van der Waals surface area contributed by atoms with Gasteiger partial charge in [0.25, 0.3) is 0 Å². The van der Waals surface area contributed by atoms with Crippen LogP contribution in [-0.4, -0.2) is 31.6 Å². The Morgan fingerprint density at radius 3 is 2.30 bits per heavy atom. The van der Waals surface area contributed by atoms with Gasteiger partial charge in [-0.25, -0.2) is 4.68 Å². The fraction of sp³-hybridized carbons (Fsp3) is 0.812. The third-order valence-electron chi connectivity index (χ3n) is 5.91. The molecule has 126 valence electrons. The van der Waals surface area contributed by atoms with Crippen LogP contribution in [0.4, 0.5) is 0 Å². The summed E-state index contributed by atoms with van der Waals surface area (Å²) in [6, 6.07) is 0. The second kappa shape index (κ2) is 5.40. The van der Waals surface area contributed by atoms with Crippen LogP contribution in [0.15, 0.2) is 5.16 Å². The first-order chi connectivity index (χ1) is 10.9. The molecular weight excluding hydrogens is 310 g/mol. The molecule has 4 fully saturated rings. The van der Waals surface area contributed by atoms with Crippen molar-refractivity contribution in [3.05, 3.63) is 5.82 Å². The van der Waals surface area contributed by atoms with Crippen molar-refractivity contribution in [3.63, 3.8) is 0 Å². The first-order valence-corrected chi connectivity index (χ1v) is 9.48. The van der Waals surface area contributed by atoms with Gasteiger partial charge in [0, 0.05) is 5.54 Å². The van der Waals surface area contributed by atoms with E-state index < -0.39 is 0 Å². The van der Waals surface area contributed by atoms with Crippen LogP contribution in [0.5, 0.6) is 0 Å². The summed E-state index contributed by atoms with van der Waals surface area (Å²) in [7, 11) is 0. The smallest absolute Gasteiger partial charge is 0.233 e. The van der Waals surface area contributed by atoms with Crippen molar-refractivity contribution >= 4 is 17.7 Å². The molecule has 1 amide bonds. The van der Waals surface area contributed by atoms with Gasteiger partial charge in [-0.15, -0.1) is 10.2 Å². The van der Waals surface area contributed by atoms with Crippen molar-refractivity contribution in [1.82, 2.24) is 20.2 Å². The molecule has 1 unspecified atom stereocenters. The van der Waals surface area contributed by atoms with Crippen molar-refractivity contribution in [1.29, 1.82) is 0 Å². The molecule has 0 saturated heterocycles. The number of amides is 1. The SMILES string of the molecule is Cc1nnc(SC(C)C(=O)NC23CC4CC(CC(C4)C2)C3)n1N. The van der Waals surface area contributed by atoms with Crippen LogP contribution in [-0.2, 0) is 4.79 Å². The molecule has 1 aromatic rings. The number of nitrogens with two attached hydrogens (primary N) is 1. The summed E-state index contributed by atoms with van der Waals surface area (Å²) in [6.07, 6.45) is 7.68. The number of nitrogens with zero attached hydrogens (tertiary/aromatic N) is 3. The van der Waals surface area contributed by atoms with Crippen LogP contribution in [0.1, 0.15) is 51.3 Å². The van der Waals surface area contributed by atoms with Crippen molar-refractivity contribution in [2.75, 3.05) is 5.84 Å². The molecule has 4 bridgehead atoms. The molecule has 1 atom stereocenters. The number of nitrogens with one attached hydrogen (secondary N) is 1. The maximum Gasteiger partial charge on any atom is 0.233 e. The number of hydrogen-bond acceptors (Lipinski definition) is 5. The molecular formula is C16H25N5OS. The Hall–Kier alpha value is -1.24. The summed E-state index contributed by atoms with van der Waals surface area (Å²) >= 11 is 1.38. The summed E-state index contributed by atoms with van der Waals surface area (Å²) in [5, 5.41) is 11.8. The van der Waals surface area contributed by atoms with Gasteiger partial charge < -0.3 is 11.2 Å². The van der Waals surface area contributed by atoms with Gasteiger partial charge >= 0.3 is 0 Å². The maximum atomic E-state index is 12.7. The van der Waals surface area contributed by atoms with Gasteiger partial charge in [-0.05, 0) is 70.1 Å². The van der Waals surface area contributed by atoms with Crippen LogP contribution in [0.25, 0.3) is 0 Å². The Morgan fingerprint density at radius 2 is 1.83 bits per heavy atom. The van der Waals surface area contributed by atoms with E-state index in [2.05, 4.69) is 15.5 Å². The van der Waals surface area contributed by atoms with Gasteiger partial charge in [0.2, 0.25) is 11.1 Å². The average Bonchev–Trinajstić information content (AvgIpc) is 2.77. The summed E-state index contributed by atoms with van der Waals surface area (Å²) < 4.78 is 1.44. The molecule has 3 N–H and O–H groups in total. The molecule has 23 heavy (non-hydrogen) atoms. The maximum absolute atomic E-state index is 12.7. The van der Waals surface area contributed by atoms with Gasteiger partial charge in [-0.3, -0.25) is 4.79 Å². The van der Waals surface area contributed by atoms with Gasteiger partial charge in [0.15, 0.2) is 0 Å². The van der Waals surface area contributed by atoms with E-state index in [0.29, 0.717) is 11.0 Å². The highest BCUT2D eigenvalue weighted by Crippen LogP contribution is 2.55. The summed E-state index contributed by atoms with van der Waals surface area (Å²) in [5.74, 6) is 9.14. The normalized spacial score (nSPS) is 36.2. The molecule has 1 aromatic heterocycles. The number of aromatic nitrogens is 3. The van der Waals surface area contributed by atoms with Crippen molar-refractivity contribution in [3.8, 4) is 0 Å². The highest BCUT2D eigenvalue weighted by molar-refractivity contribution is 8.00. The first-order valence-electron chi connectivity index (χ1n) is 8.60. The van der Waals surface area contributed by atoms with Crippen LogP contribution < -0.4 is 11.2 Å². The van der Waals surface area contributed by atoms with Gasteiger partial charge in [0.05, 0.1) is 5.25 Å². The van der Waals surface area contributed by atoms with Gasteiger partial charge in [0.1, 0.15) is 5.82 Å². The van der Waals surface area contributed by atoms with Crippen LogP contribution in [0.3, 0.4) is 0 Å². The molecule has 0 spiro atoms. The molecule has 5 rings (SSSR count). The summed E-state index contributed by atoms with van der Waals surface area (Å²) in [6.45, 7) is 3.72. The lowest BCUT2D eigenvalue weighted by Crippen LogP contribution is -2.60. The highest BCUT2D eigenvalue weighted by Gasteiger charge is 2.51. The van der Waals surface area contributed by atoms with E-state index in [4.69, 9.17) is 5.84 Å². The quantitative estimate of drug-likeness (QED) is 0.648.